The van der Waals surface area contributed by atoms with Gasteiger partial charge in [0.1, 0.15) is 5.52 Å². The number of hydrogen-bond donors (Lipinski definition) is 1. The van der Waals surface area contributed by atoms with Crippen LogP contribution in [0.4, 0.5) is 5.95 Å². The topological polar surface area (TPSA) is 69.6 Å². The van der Waals surface area contributed by atoms with Gasteiger partial charge in [-0.25, -0.2) is 4.98 Å². The van der Waals surface area contributed by atoms with E-state index < -0.39 is 0 Å². The lowest BCUT2D eigenvalue weighted by atomic mass is 10.4. The third-order valence-corrected chi connectivity index (χ3v) is 2.41. The van der Waals surface area contributed by atoms with Crippen molar-refractivity contribution in [3.63, 3.8) is 0 Å². The lowest BCUT2D eigenvalue weighted by Gasteiger charge is -2.01. The number of imidazole rings is 1. The van der Waals surface area contributed by atoms with Gasteiger partial charge in [0.2, 0.25) is 5.95 Å². The number of nitrogen functional groups attached to an aromatic ring is 1. The Morgan fingerprint density at radius 3 is 3.00 bits per heavy atom. The zero-order valence-corrected chi connectivity index (χ0v) is 9.65. The average molecular weight is 238 g/mol. The molecule has 0 atom stereocenters. The van der Waals surface area contributed by atoms with Gasteiger partial charge < -0.3 is 10.3 Å². The summed E-state index contributed by atoms with van der Waals surface area (Å²) in [6, 6.07) is 0. The predicted molar refractivity (Wildman–Crippen MR) is 64.2 cm³/mol. The van der Waals surface area contributed by atoms with Gasteiger partial charge in [0, 0.05) is 6.54 Å². The first kappa shape index (κ1) is 10.9. The lowest BCUT2D eigenvalue weighted by Crippen LogP contribution is -1.98. The van der Waals surface area contributed by atoms with Crippen molar-refractivity contribution >= 4 is 28.7 Å². The molecule has 0 fully saturated rings. The summed E-state index contributed by atoms with van der Waals surface area (Å²) in [5.41, 5.74) is 6.73. The molecule has 2 aromatic heterocycles. The number of halogens is 1. The maximum Gasteiger partial charge on any atom is 0.223 e. The summed E-state index contributed by atoms with van der Waals surface area (Å²) in [5, 5.41) is 0.338. The molecule has 2 rings (SSSR count). The monoisotopic (exact) mass is 237 g/mol. The van der Waals surface area contributed by atoms with Gasteiger partial charge in [-0.15, -0.1) is 0 Å². The molecule has 0 aliphatic carbocycles. The van der Waals surface area contributed by atoms with Crippen molar-refractivity contribution in [2.45, 2.75) is 19.9 Å². The molecule has 0 spiro atoms. The third kappa shape index (κ3) is 1.99. The highest BCUT2D eigenvalue weighted by atomic mass is 35.5. The number of hydrogen-bond acceptors (Lipinski definition) is 4. The predicted octanol–water partition coefficient (Wildman–Crippen LogP) is 2.03. The van der Waals surface area contributed by atoms with Crippen molar-refractivity contribution < 1.29 is 0 Å². The van der Waals surface area contributed by atoms with Gasteiger partial charge >= 0.3 is 0 Å². The number of rotatable bonds is 3. The number of anilines is 1. The Morgan fingerprint density at radius 2 is 2.25 bits per heavy atom. The molecule has 0 unspecified atom stereocenters. The standard InChI is InChI=1S/C10H12ClN5/c1-2-3-4-5-16-6-13-9-7(16)8(11)14-10(12)15-9/h3-4,6H,2,5H2,1H3,(H2,12,14,15)/b4-3+. The Balaban J connectivity index is 2.44. The van der Waals surface area contributed by atoms with Crippen molar-refractivity contribution in [2.24, 2.45) is 0 Å². The molecule has 0 saturated carbocycles. The fourth-order valence-corrected chi connectivity index (χ4v) is 1.72. The molecular formula is C10H12ClN5. The van der Waals surface area contributed by atoms with Crippen molar-refractivity contribution in [3.05, 3.63) is 23.6 Å². The van der Waals surface area contributed by atoms with Gasteiger partial charge in [0.25, 0.3) is 0 Å². The Kier molecular flexibility index (Phi) is 3.05. The van der Waals surface area contributed by atoms with E-state index in [4.69, 9.17) is 17.3 Å². The van der Waals surface area contributed by atoms with Crippen LogP contribution in [0.2, 0.25) is 5.15 Å². The first-order valence-corrected chi connectivity index (χ1v) is 5.39. The van der Waals surface area contributed by atoms with Gasteiger partial charge in [-0.3, -0.25) is 0 Å². The zero-order chi connectivity index (χ0) is 11.5. The fraction of sp³-hybridized carbons (Fsp3) is 0.300. The summed E-state index contributed by atoms with van der Waals surface area (Å²) >= 11 is 6.01. The van der Waals surface area contributed by atoms with Gasteiger partial charge in [-0.2, -0.15) is 9.97 Å². The van der Waals surface area contributed by atoms with Crippen LogP contribution in [-0.2, 0) is 6.54 Å². The van der Waals surface area contributed by atoms with Crippen LogP contribution in [0.1, 0.15) is 13.3 Å². The van der Waals surface area contributed by atoms with Gasteiger partial charge in [0.05, 0.1) is 6.33 Å². The Morgan fingerprint density at radius 1 is 1.44 bits per heavy atom. The largest absolute Gasteiger partial charge is 0.368 e. The van der Waals surface area contributed by atoms with Crippen LogP contribution in [0.15, 0.2) is 18.5 Å². The van der Waals surface area contributed by atoms with E-state index in [1.54, 1.807) is 6.33 Å². The van der Waals surface area contributed by atoms with E-state index >= 15 is 0 Å². The molecule has 0 bridgehead atoms. The lowest BCUT2D eigenvalue weighted by molar-refractivity contribution is 0.844. The number of nitrogens with zero attached hydrogens (tertiary/aromatic N) is 4. The molecule has 2 heterocycles. The summed E-state index contributed by atoms with van der Waals surface area (Å²) in [6.45, 7) is 2.79. The van der Waals surface area contributed by atoms with Crippen LogP contribution in [0, 0.1) is 0 Å². The van der Waals surface area contributed by atoms with E-state index in [1.165, 1.54) is 0 Å². The highest BCUT2D eigenvalue weighted by molar-refractivity contribution is 6.33. The van der Waals surface area contributed by atoms with Crippen molar-refractivity contribution in [1.29, 1.82) is 0 Å². The molecule has 0 aliphatic rings. The molecule has 0 aromatic carbocycles. The molecular weight excluding hydrogens is 226 g/mol. The Labute approximate surface area is 98.0 Å². The first-order chi connectivity index (χ1) is 7.72. The second-order valence-corrected chi connectivity index (χ2v) is 3.68. The van der Waals surface area contributed by atoms with Crippen molar-refractivity contribution in [3.8, 4) is 0 Å². The summed E-state index contributed by atoms with van der Waals surface area (Å²) in [5.74, 6) is 0.145. The summed E-state index contributed by atoms with van der Waals surface area (Å²) in [4.78, 5) is 12.1. The van der Waals surface area contributed by atoms with Crippen LogP contribution in [-0.4, -0.2) is 19.5 Å². The van der Waals surface area contributed by atoms with Crippen molar-refractivity contribution in [1.82, 2.24) is 19.5 Å². The first-order valence-electron chi connectivity index (χ1n) is 5.01. The quantitative estimate of drug-likeness (QED) is 0.655. The van der Waals surface area contributed by atoms with E-state index in [1.807, 2.05) is 10.6 Å². The maximum absolute atomic E-state index is 6.01. The fourth-order valence-electron chi connectivity index (χ4n) is 1.44. The molecule has 2 aromatic rings. The molecule has 0 amide bonds. The molecule has 0 aliphatic heterocycles. The van der Waals surface area contributed by atoms with Crippen LogP contribution >= 0.6 is 11.6 Å². The number of nitrogens with two attached hydrogens (primary N) is 1. The van der Waals surface area contributed by atoms with E-state index in [0.29, 0.717) is 17.3 Å². The van der Waals surface area contributed by atoms with Crippen LogP contribution in [0.3, 0.4) is 0 Å². The van der Waals surface area contributed by atoms with Crippen molar-refractivity contribution in [2.75, 3.05) is 5.73 Å². The van der Waals surface area contributed by atoms with E-state index in [2.05, 4.69) is 28.0 Å². The molecule has 5 nitrogen and oxygen atoms in total. The average Bonchev–Trinajstić information content (AvgIpc) is 2.62. The number of aromatic nitrogens is 4. The second kappa shape index (κ2) is 4.49. The minimum Gasteiger partial charge on any atom is -0.368 e. The molecule has 0 radical (unpaired) electrons. The van der Waals surface area contributed by atoms with E-state index in [0.717, 1.165) is 11.9 Å². The molecule has 0 saturated heterocycles. The minimum atomic E-state index is 0.145. The second-order valence-electron chi connectivity index (χ2n) is 3.32. The van der Waals surface area contributed by atoms with Gasteiger partial charge in [-0.05, 0) is 6.42 Å². The summed E-state index contributed by atoms with van der Waals surface area (Å²) < 4.78 is 1.89. The third-order valence-electron chi connectivity index (χ3n) is 2.15. The van der Waals surface area contributed by atoms with E-state index in [-0.39, 0.29) is 5.95 Å². The Hall–Kier alpha value is -1.62. The highest BCUT2D eigenvalue weighted by Gasteiger charge is 2.09. The molecule has 84 valence electrons. The smallest absolute Gasteiger partial charge is 0.223 e. The van der Waals surface area contributed by atoms with Crippen LogP contribution in [0.25, 0.3) is 11.2 Å². The normalized spacial score (nSPS) is 11.6. The van der Waals surface area contributed by atoms with Crippen LogP contribution in [0.5, 0.6) is 0 Å². The molecule has 16 heavy (non-hydrogen) atoms. The van der Waals surface area contributed by atoms with E-state index in [9.17, 15) is 0 Å². The number of allylic oxidation sites excluding steroid dienone is 2. The minimum absolute atomic E-state index is 0.145. The molecule has 2 N–H and O–H groups in total. The van der Waals surface area contributed by atoms with Gasteiger partial charge in [-0.1, -0.05) is 30.7 Å². The maximum atomic E-state index is 6.01. The number of fused-ring (bicyclic) bond motifs is 1. The summed E-state index contributed by atoms with van der Waals surface area (Å²) in [6.07, 6.45) is 6.82. The Bertz CT molecular complexity index is 531. The molecule has 6 heteroatoms. The highest BCUT2D eigenvalue weighted by Crippen LogP contribution is 2.20. The van der Waals surface area contributed by atoms with Gasteiger partial charge in [0.15, 0.2) is 10.8 Å². The van der Waals surface area contributed by atoms with Crippen LogP contribution < -0.4 is 5.73 Å². The SMILES string of the molecule is CC/C=C/Cn1cnc2nc(N)nc(Cl)c21. The summed E-state index contributed by atoms with van der Waals surface area (Å²) in [7, 11) is 0. The zero-order valence-electron chi connectivity index (χ0n) is 8.89.